The van der Waals surface area contributed by atoms with Crippen LogP contribution in [0.5, 0.6) is 0 Å². The normalized spacial score (nSPS) is 13.5. The Hall–Kier alpha value is -2.88. The standard InChI is InChI=1S/C23H32N4O8S2/c1-16(28)14-24-36(32,33)20-10-6-18(7-11-20)26-22(30)4-3-5-23(31)27-19-8-12-21(13-9-19)37(34,35)25-15-17(2)29/h6-13,16-17,24-25,28-29H,3-5,14-15H2,1-2H3,(H,26,30)(H,27,31)/t16-,17+. The van der Waals surface area contributed by atoms with Gasteiger partial charge in [-0.1, -0.05) is 0 Å². The molecule has 0 spiro atoms. The van der Waals surface area contributed by atoms with E-state index in [1.807, 2.05) is 0 Å². The summed E-state index contributed by atoms with van der Waals surface area (Å²) in [7, 11) is -7.55. The third-order valence-electron chi connectivity index (χ3n) is 4.84. The largest absolute Gasteiger partial charge is 0.392 e. The Balaban J connectivity index is 1.78. The van der Waals surface area contributed by atoms with Crippen LogP contribution in [0.25, 0.3) is 0 Å². The molecule has 2 atom stereocenters. The Morgan fingerprint density at radius 2 is 1.00 bits per heavy atom. The molecule has 0 unspecified atom stereocenters. The number of aliphatic hydroxyl groups is 2. The molecule has 6 N–H and O–H groups in total. The van der Waals surface area contributed by atoms with Gasteiger partial charge in [0.05, 0.1) is 22.0 Å². The van der Waals surface area contributed by atoms with Crippen LogP contribution in [0.4, 0.5) is 11.4 Å². The summed E-state index contributed by atoms with van der Waals surface area (Å²) < 4.78 is 53.1. The number of carbonyl (C=O) groups excluding carboxylic acids is 2. The zero-order valence-electron chi connectivity index (χ0n) is 20.5. The number of anilines is 2. The number of rotatable bonds is 14. The van der Waals surface area contributed by atoms with Gasteiger partial charge in [-0.2, -0.15) is 0 Å². The highest BCUT2D eigenvalue weighted by atomic mass is 32.2. The Bertz CT molecular complexity index is 1160. The van der Waals surface area contributed by atoms with Crippen molar-refractivity contribution in [2.45, 2.75) is 55.1 Å². The van der Waals surface area contributed by atoms with E-state index in [1.165, 1.54) is 62.4 Å². The summed E-state index contributed by atoms with van der Waals surface area (Å²) in [5.41, 5.74) is 0.781. The van der Waals surface area contributed by atoms with E-state index in [0.717, 1.165) is 0 Å². The van der Waals surface area contributed by atoms with E-state index >= 15 is 0 Å². The maximum absolute atomic E-state index is 12.2. The maximum Gasteiger partial charge on any atom is 0.240 e. The van der Waals surface area contributed by atoms with Crippen LogP contribution in [0.1, 0.15) is 33.1 Å². The van der Waals surface area contributed by atoms with Crippen LogP contribution in [-0.2, 0) is 29.6 Å². The molecule has 0 aliphatic rings. The number of amides is 2. The van der Waals surface area contributed by atoms with Crippen LogP contribution < -0.4 is 20.1 Å². The summed E-state index contributed by atoms with van der Waals surface area (Å²) in [6, 6.07) is 11.0. The van der Waals surface area contributed by atoms with Gasteiger partial charge in [0.1, 0.15) is 0 Å². The van der Waals surface area contributed by atoms with Gasteiger partial charge in [0.15, 0.2) is 0 Å². The van der Waals surface area contributed by atoms with Crippen molar-refractivity contribution in [3.63, 3.8) is 0 Å². The first-order valence-corrected chi connectivity index (χ1v) is 14.4. The van der Waals surface area contributed by atoms with Crippen molar-refractivity contribution in [2.24, 2.45) is 0 Å². The van der Waals surface area contributed by atoms with Gasteiger partial charge in [0, 0.05) is 37.3 Å². The Kier molecular flexibility index (Phi) is 11.2. The Morgan fingerprint density at radius 3 is 1.30 bits per heavy atom. The molecule has 0 aromatic heterocycles. The fourth-order valence-electron chi connectivity index (χ4n) is 2.92. The molecular weight excluding hydrogens is 524 g/mol. The lowest BCUT2D eigenvalue weighted by Crippen LogP contribution is -2.30. The van der Waals surface area contributed by atoms with Crippen LogP contribution in [0.3, 0.4) is 0 Å². The molecule has 0 saturated heterocycles. The first kappa shape index (κ1) is 30.3. The average Bonchev–Trinajstić information content (AvgIpc) is 2.82. The van der Waals surface area contributed by atoms with Crippen LogP contribution in [-0.4, -0.2) is 64.2 Å². The first-order valence-electron chi connectivity index (χ1n) is 11.4. The molecule has 37 heavy (non-hydrogen) atoms. The molecule has 0 radical (unpaired) electrons. The van der Waals surface area contributed by atoms with E-state index in [9.17, 15) is 36.6 Å². The number of hydrogen-bond donors (Lipinski definition) is 6. The second-order valence-corrected chi connectivity index (χ2v) is 11.9. The highest BCUT2D eigenvalue weighted by Gasteiger charge is 2.16. The summed E-state index contributed by atoms with van der Waals surface area (Å²) >= 11 is 0. The third kappa shape index (κ3) is 10.6. The molecule has 0 bridgehead atoms. The van der Waals surface area contributed by atoms with Gasteiger partial charge in [-0.15, -0.1) is 0 Å². The van der Waals surface area contributed by atoms with Gasteiger partial charge in [0.25, 0.3) is 0 Å². The molecule has 0 saturated carbocycles. The topological polar surface area (TPSA) is 191 Å². The van der Waals surface area contributed by atoms with Gasteiger partial charge in [-0.05, 0) is 68.8 Å². The molecule has 0 aliphatic heterocycles. The first-order chi connectivity index (χ1) is 17.3. The van der Waals surface area contributed by atoms with Crippen molar-refractivity contribution < 1.29 is 36.6 Å². The predicted molar refractivity (Wildman–Crippen MR) is 138 cm³/mol. The van der Waals surface area contributed by atoms with Crippen molar-refractivity contribution in [3.05, 3.63) is 48.5 Å². The summed E-state index contributed by atoms with van der Waals surface area (Å²) in [5.74, 6) is -0.704. The zero-order valence-corrected chi connectivity index (χ0v) is 22.1. The minimum absolute atomic E-state index is 0.00975. The third-order valence-corrected chi connectivity index (χ3v) is 7.72. The zero-order chi connectivity index (χ0) is 27.6. The van der Waals surface area contributed by atoms with E-state index in [0.29, 0.717) is 11.4 Å². The molecule has 14 heteroatoms. The molecule has 2 aromatic rings. The number of sulfonamides is 2. The van der Waals surface area contributed by atoms with E-state index < -0.39 is 32.3 Å². The highest BCUT2D eigenvalue weighted by molar-refractivity contribution is 7.89. The van der Waals surface area contributed by atoms with Gasteiger partial charge in [-0.3, -0.25) is 9.59 Å². The number of hydrogen-bond acceptors (Lipinski definition) is 8. The van der Waals surface area contributed by atoms with Crippen molar-refractivity contribution >= 4 is 43.2 Å². The van der Waals surface area contributed by atoms with E-state index in [-0.39, 0.29) is 54.0 Å². The lowest BCUT2D eigenvalue weighted by molar-refractivity contribution is -0.117. The number of benzene rings is 2. The molecule has 2 aromatic carbocycles. The van der Waals surface area contributed by atoms with Crippen molar-refractivity contribution in [2.75, 3.05) is 23.7 Å². The molecule has 204 valence electrons. The van der Waals surface area contributed by atoms with Crippen LogP contribution in [0.15, 0.2) is 58.3 Å². The molecule has 0 aliphatic carbocycles. The molecular formula is C23H32N4O8S2. The van der Waals surface area contributed by atoms with E-state index in [1.54, 1.807) is 0 Å². The fourth-order valence-corrected chi connectivity index (χ4v) is 5.16. The molecule has 0 fully saturated rings. The minimum atomic E-state index is -3.78. The maximum atomic E-state index is 12.2. The lowest BCUT2D eigenvalue weighted by atomic mass is 10.2. The highest BCUT2D eigenvalue weighted by Crippen LogP contribution is 2.16. The monoisotopic (exact) mass is 556 g/mol. The quantitative estimate of drug-likeness (QED) is 0.196. The van der Waals surface area contributed by atoms with Gasteiger partial charge < -0.3 is 20.8 Å². The van der Waals surface area contributed by atoms with Gasteiger partial charge in [-0.25, -0.2) is 26.3 Å². The molecule has 2 amide bonds. The summed E-state index contributed by atoms with van der Waals surface area (Å²) in [4.78, 5) is 24.3. The summed E-state index contributed by atoms with van der Waals surface area (Å²) in [6.45, 7) is 2.67. The molecule has 2 rings (SSSR count). The molecule has 12 nitrogen and oxygen atoms in total. The minimum Gasteiger partial charge on any atom is -0.392 e. The number of carbonyl (C=O) groups is 2. The summed E-state index contributed by atoms with van der Waals surface area (Å²) in [5, 5.41) is 23.7. The SMILES string of the molecule is C[C@H](O)CNS(=O)(=O)c1ccc(NC(=O)CCCC(=O)Nc2ccc(S(=O)(=O)NC[C@@H](C)O)cc2)cc1. The van der Waals surface area contributed by atoms with Crippen molar-refractivity contribution in [1.29, 1.82) is 0 Å². The van der Waals surface area contributed by atoms with Gasteiger partial charge >= 0.3 is 0 Å². The van der Waals surface area contributed by atoms with Crippen LogP contribution >= 0.6 is 0 Å². The van der Waals surface area contributed by atoms with Crippen molar-refractivity contribution in [1.82, 2.24) is 9.44 Å². The smallest absolute Gasteiger partial charge is 0.240 e. The second-order valence-electron chi connectivity index (χ2n) is 8.40. The lowest BCUT2D eigenvalue weighted by Gasteiger charge is -2.10. The van der Waals surface area contributed by atoms with Crippen molar-refractivity contribution in [3.8, 4) is 0 Å². The fraction of sp³-hybridized carbons (Fsp3) is 0.391. The number of aliphatic hydroxyl groups excluding tert-OH is 2. The van der Waals surface area contributed by atoms with E-state index in [2.05, 4.69) is 20.1 Å². The van der Waals surface area contributed by atoms with E-state index in [4.69, 9.17) is 0 Å². The molecule has 0 heterocycles. The number of nitrogens with one attached hydrogen (secondary N) is 4. The average molecular weight is 557 g/mol. The Morgan fingerprint density at radius 1 is 0.676 bits per heavy atom. The van der Waals surface area contributed by atoms with Gasteiger partial charge in [0.2, 0.25) is 31.9 Å². The second kappa shape index (κ2) is 13.6. The van der Waals surface area contributed by atoms with Crippen LogP contribution in [0, 0.1) is 0 Å². The predicted octanol–water partition coefficient (Wildman–Crippen LogP) is 0.752. The Labute approximate surface area is 216 Å². The van der Waals surface area contributed by atoms with Crippen LogP contribution in [0.2, 0.25) is 0 Å². The summed E-state index contributed by atoms with van der Waals surface area (Å²) in [6.07, 6.45) is -1.30.